The Labute approximate surface area is 701 Å². The summed E-state index contributed by atoms with van der Waals surface area (Å²) in [5.41, 5.74) is 0.0257. The number of nitrogens with zero attached hydrogens (tertiary/aromatic N) is 2. The average Bonchev–Trinajstić information content (AvgIpc) is 0.669. The Morgan fingerprint density at radius 2 is 0.583 bits per heavy atom. The molecule has 2 aliphatic heterocycles. The largest absolute Gasteiger partial charge is 0.461 e. The van der Waals surface area contributed by atoms with Crippen LogP contribution in [0.2, 0.25) is 0 Å². The summed E-state index contributed by atoms with van der Waals surface area (Å²) in [5, 5.41) is 2.09. The number of hydrogen-bond acceptors (Lipinski definition) is 18. The number of halogens is 10. The number of carbonyl (C=O) groups is 10. The van der Waals surface area contributed by atoms with Gasteiger partial charge in [-0.3, -0.25) is 38.6 Å². The van der Waals surface area contributed by atoms with Gasteiger partial charge in [0.1, 0.15) is 78.2 Å². The van der Waals surface area contributed by atoms with Crippen molar-refractivity contribution in [1.82, 2.24) is 20.4 Å². The van der Waals surface area contributed by atoms with Crippen molar-refractivity contribution in [1.29, 1.82) is 0 Å². The van der Waals surface area contributed by atoms with Gasteiger partial charge in [0.05, 0.1) is 61.5 Å². The van der Waals surface area contributed by atoms with E-state index >= 15 is 45.5 Å². The molecule has 2 aliphatic carbocycles. The highest BCUT2D eigenvalue weighted by molar-refractivity contribution is 6.46. The second-order valence-corrected chi connectivity index (χ2v) is 31.0. The zero-order chi connectivity index (χ0) is 85.8. The van der Waals surface area contributed by atoms with Crippen molar-refractivity contribution in [2.45, 2.75) is 139 Å². The lowest BCUT2D eigenvalue weighted by Gasteiger charge is -2.36. The number of benzene rings is 9. The van der Waals surface area contributed by atoms with Crippen LogP contribution in [0.3, 0.4) is 0 Å². The number of alkyl halides is 6. The number of hydrogen-bond donors (Lipinski definition) is 2. The van der Waals surface area contributed by atoms with Gasteiger partial charge in [0.15, 0.2) is 0 Å². The molecule has 22 nitrogen and oxygen atoms in total. The van der Waals surface area contributed by atoms with Crippen LogP contribution in [0.25, 0.3) is 43.1 Å². The molecule has 32 heteroatoms. The number of carbonyl (C=O) groups excluding carboxylic acids is 10. The molecule has 624 valence electrons. The number of amides is 6. The Hall–Kier alpha value is -11.7. The molecule has 2 heterocycles. The Morgan fingerprint density at radius 3 is 0.792 bits per heavy atom. The molecule has 0 aromatic heterocycles. The van der Waals surface area contributed by atoms with Gasteiger partial charge in [-0.05, 0) is 121 Å². The van der Waals surface area contributed by atoms with E-state index in [1.165, 1.54) is 48.5 Å². The van der Waals surface area contributed by atoms with E-state index in [9.17, 15) is 28.8 Å². The molecule has 0 saturated heterocycles. The van der Waals surface area contributed by atoms with Gasteiger partial charge < -0.3 is 48.5 Å². The highest BCUT2D eigenvalue weighted by atomic mass is 35.5. The zero-order valence-electron chi connectivity index (χ0n) is 63.8. The molecule has 2 N–H and O–H groups in total. The first kappa shape index (κ1) is 86.1. The van der Waals surface area contributed by atoms with E-state index in [4.69, 9.17) is 84.3 Å². The molecule has 9 aromatic rings. The first-order valence-electron chi connectivity index (χ1n) is 38.2. The Bertz CT molecular complexity index is 5030. The molecule has 0 spiro atoms. The summed E-state index contributed by atoms with van der Waals surface area (Å²) in [5.74, 6) is -13.6. The Morgan fingerprint density at radius 1 is 0.358 bits per heavy atom. The maximum Gasteiger partial charge on any atom is 0.391 e. The van der Waals surface area contributed by atoms with Crippen molar-refractivity contribution < 1.29 is 112 Å². The van der Waals surface area contributed by atoms with Crippen LogP contribution in [-0.2, 0) is 73.4 Å². The SMILES string of the molecule is C=C(Cl)C(=O)OCCc1ccc(Oc2cc3c4c(cc(Oc5ccc(CCOC(=O)C(=C)Cl)cc5)c5c6c(Oc7ccc(CCOC(=O)C(=C)Cl)cc7)cc7c8c(cc(Oc9ccc(CCOC(=O)C(=C)Cl)cc9)c(c2c45)c86)C(=O)N(C(CC(F)(F)F)C(=O)NC2CCCCC2)C7=O)C(=O)N(C(CC(F)(F)F)C(=O)NC2CCCCC2)C3=O)cc1. The molecule has 0 radical (unpaired) electrons. The van der Waals surface area contributed by atoms with Crippen LogP contribution in [-0.4, -0.2) is 132 Å². The van der Waals surface area contributed by atoms with E-state index in [-0.39, 0.29) is 148 Å². The molecular formula is C88H74Cl4F6N4O18. The van der Waals surface area contributed by atoms with E-state index in [1.807, 2.05) is 0 Å². The van der Waals surface area contributed by atoms with Gasteiger partial charge in [-0.25, -0.2) is 19.2 Å². The van der Waals surface area contributed by atoms with E-state index < -0.39 is 154 Å². The summed E-state index contributed by atoms with van der Waals surface area (Å²) >= 11 is 23.2. The summed E-state index contributed by atoms with van der Waals surface area (Å²) in [6.45, 7) is 12.9. The monoisotopic (exact) mass is 1730 g/mol. The van der Waals surface area contributed by atoms with Crippen LogP contribution in [0.15, 0.2) is 168 Å². The third kappa shape index (κ3) is 19.4. The minimum absolute atomic E-state index is 0.0479. The van der Waals surface area contributed by atoms with Crippen LogP contribution < -0.4 is 29.6 Å². The summed E-state index contributed by atoms with van der Waals surface area (Å²) in [6.07, 6.45) is -8.63. The molecule has 6 amide bonds. The number of ether oxygens (including phenoxy) is 8. The van der Waals surface area contributed by atoms with Gasteiger partial charge in [-0.2, -0.15) is 26.3 Å². The second kappa shape index (κ2) is 36.5. The predicted octanol–water partition coefficient (Wildman–Crippen LogP) is 19.0. The fourth-order valence-electron chi connectivity index (χ4n) is 15.3. The molecule has 9 aromatic carbocycles. The van der Waals surface area contributed by atoms with Crippen molar-refractivity contribution in [3.8, 4) is 46.0 Å². The van der Waals surface area contributed by atoms with Crippen molar-refractivity contribution in [2.75, 3.05) is 26.4 Å². The van der Waals surface area contributed by atoms with Gasteiger partial charge in [-0.1, -0.05) is 160 Å². The van der Waals surface area contributed by atoms with Crippen molar-refractivity contribution in [2.24, 2.45) is 0 Å². The number of imide groups is 2. The molecule has 0 bridgehead atoms. The first-order chi connectivity index (χ1) is 57.2. The Kier molecular flexibility index (Phi) is 26.2. The maximum atomic E-state index is 16.3. The standard InChI is InChI=1S/C88H74Cl4F6N4O18/c1-45(89)83(109)113-35-31-49-15-23-55(24-16-49)117-65-39-59-69-60(80(106)101(79(59)105)63(43-87(93,94)95)77(103)99-53-11-7-5-8-12-53)41-67(119-57-27-19-51(20-28-57)33-37-115-85(111)47(3)91)73-74-68(120-58-29-21-52(22-30-58)34-38-116-86(112)48(4)92)42-62-70-61(81(107)102(82(62)108)64(44-88(96,97)98)78(104)100-54-13-9-6-10-14-54)40-66(72(76(70)74)71(65)75(69)73)118-56-25-17-50(18-26-56)32-36-114-84(110)46(2)90/h15-30,39-42,53-54,63-64H,1-14,31-38,43-44H2,(H,99,103)(H,100,104). The van der Waals surface area contributed by atoms with Crippen molar-refractivity contribution in [3.63, 3.8) is 0 Å². The minimum atomic E-state index is -5.22. The van der Waals surface area contributed by atoms with E-state index in [0.29, 0.717) is 73.6 Å². The second-order valence-electron chi connectivity index (χ2n) is 29.2. The molecular weight excluding hydrogens is 1660 g/mol. The Balaban J connectivity index is 1.15. The number of fused-ring (bicyclic) bond motifs is 2. The average molecular weight is 1730 g/mol. The molecule has 2 saturated carbocycles. The normalized spacial score (nSPS) is 15.0. The zero-order valence-corrected chi connectivity index (χ0v) is 66.9. The number of nitrogens with one attached hydrogen (secondary N) is 2. The maximum absolute atomic E-state index is 16.3. The van der Waals surface area contributed by atoms with Crippen molar-refractivity contribution >= 4 is 149 Å². The van der Waals surface area contributed by atoms with Gasteiger partial charge in [0.25, 0.3) is 23.6 Å². The molecule has 120 heavy (non-hydrogen) atoms. The van der Waals surface area contributed by atoms with Crippen LogP contribution >= 0.6 is 46.4 Å². The summed E-state index contributed by atoms with van der Waals surface area (Å²) in [7, 11) is 0. The first-order valence-corrected chi connectivity index (χ1v) is 39.7. The van der Waals surface area contributed by atoms with Gasteiger partial charge in [0.2, 0.25) is 11.8 Å². The van der Waals surface area contributed by atoms with Gasteiger partial charge >= 0.3 is 36.2 Å². The smallest absolute Gasteiger partial charge is 0.391 e. The molecule has 2 atom stereocenters. The highest BCUT2D eigenvalue weighted by Crippen LogP contribution is 2.59. The third-order valence-electron chi connectivity index (χ3n) is 20.9. The van der Waals surface area contributed by atoms with Gasteiger partial charge in [0, 0.05) is 80.9 Å². The lowest BCUT2D eigenvalue weighted by atomic mass is 9.80. The quantitative estimate of drug-likeness (QED) is 0.00754. The number of esters is 4. The van der Waals surface area contributed by atoms with E-state index in [1.54, 1.807) is 48.5 Å². The van der Waals surface area contributed by atoms with E-state index in [0.717, 1.165) is 37.1 Å². The molecule has 2 unspecified atom stereocenters. The van der Waals surface area contributed by atoms with E-state index in [2.05, 4.69) is 36.9 Å². The molecule has 4 aliphatic rings. The van der Waals surface area contributed by atoms with Crippen LogP contribution in [0, 0.1) is 0 Å². The fraction of sp³-hybridized carbons (Fsp3) is 0.295. The summed E-state index contributed by atoms with van der Waals surface area (Å²) in [6, 6.07) is 22.4. The summed E-state index contributed by atoms with van der Waals surface area (Å²) < 4.78 is 142. The molecule has 2 fully saturated rings. The molecule has 13 rings (SSSR count). The predicted molar refractivity (Wildman–Crippen MR) is 432 cm³/mol. The topological polar surface area (TPSA) is 275 Å². The lowest BCUT2D eigenvalue weighted by Crippen LogP contribution is -2.56. The highest BCUT2D eigenvalue weighted by Gasteiger charge is 2.51. The minimum Gasteiger partial charge on any atom is -0.461 e. The lowest BCUT2D eigenvalue weighted by molar-refractivity contribution is -0.154. The third-order valence-corrected chi connectivity index (χ3v) is 21.5. The van der Waals surface area contributed by atoms with Crippen LogP contribution in [0.5, 0.6) is 46.0 Å². The number of rotatable bonds is 32. The van der Waals surface area contributed by atoms with Crippen molar-refractivity contribution in [3.05, 3.63) is 212 Å². The fourth-order valence-corrected chi connectivity index (χ4v) is 15.5. The van der Waals surface area contributed by atoms with Gasteiger partial charge in [-0.15, -0.1) is 0 Å². The summed E-state index contributed by atoms with van der Waals surface area (Å²) in [4.78, 5) is 145. The van der Waals surface area contributed by atoms with Crippen LogP contribution in [0.1, 0.15) is 141 Å². The van der Waals surface area contributed by atoms with Crippen LogP contribution in [0.4, 0.5) is 26.3 Å².